The molecule has 0 spiro atoms. The summed E-state index contributed by atoms with van der Waals surface area (Å²) in [4.78, 5) is 0. The molecule has 102 valence electrons. The van der Waals surface area contributed by atoms with Crippen LogP contribution in [0.15, 0.2) is 40.9 Å². The lowest BCUT2D eigenvalue weighted by atomic mass is 10.2. The summed E-state index contributed by atoms with van der Waals surface area (Å²) in [6.07, 6.45) is 3.09. The van der Waals surface area contributed by atoms with Gasteiger partial charge in [0.1, 0.15) is 11.5 Å². The van der Waals surface area contributed by atoms with Crippen molar-refractivity contribution in [2.75, 3.05) is 5.32 Å². The minimum atomic E-state index is 0.644. The molecule has 1 aliphatic carbocycles. The van der Waals surface area contributed by atoms with Gasteiger partial charge in [-0.05, 0) is 42.7 Å². The summed E-state index contributed by atoms with van der Waals surface area (Å²) < 4.78 is 5.89. The molecule has 2 unspecified atom stereocenters. The van der Waals surface area contributed by atoms with Crippen LogP contribution in [0, 0.1) is 5.92 Å². The van der Waals surface area contributed by atoms with E-state index in [-0.39, 0.29) is 0 Å². The van der Waals surface area contributed by atoms with Crippen molar-refractivity contribution in [3.05, 3.63) is 48.0 Å². The molecule has 2 atom stereocenters. The van der Waals surface area contributed by atoms with Crippen LogP contribution in [0.4, 0.5) is 5.69 Å². The first-order chi connectivity index (χ1) is 9.79. The van der Waals surface area contributed by atoms with Crippen molar-refractivity contribution >= 4 is 16.6 Å². The maximum atomic E-state index is 5.89. The van der Waals surface area contributed by atoms with E-state index in [2.05, 4.69) is 52.8 Å². The van der Waals surface area contributed by atoms with E-state index >= 15 is 0 Å². The molecule has 0 aliphatic heterocycles. The van der Waals surface area contributed by atoms with Crippen molar-refractivity contribution in [1.29, 1.82) is 0 Å². The normalized spacial score (nSPS) is 21.2. The summed E-state index contributed by atoms with van der Waals surface area (Å²) in [7, 11) is 0. The first-order valence-corrected chi connectivity index (χ1v) is 7.05. The van der Waals surface area contributed by atoms with E-state index < -0.39 is 0 Å². The first-order valence-electron chi connectivity index (χ1n) is 7.05. The molecular formula is C16H17N3O. The van der Waals surface area contributed by atoms with Gasteiger partial charge >= 0.3 is 0 Å². The zero-order valence-electron chi connectivity index (χ0n) is 11.4. The maximum Gasteiger partial charge on any atom is 0.123 e. The Morgan fingerprint density at radius 3 is 3.10 bits per heavy atom. The van der Waals surface area contributed by atoms with Crippen LogP contribution >= 0.6 is 0 Å². The fourth-order valence-electron chi connectivity index (χ4n) is 2.64. The van der Waals surface area contributed by atoms with E-state index in [1.165, 1.54) is 6.42 Å². The number of benzene rings is 1. The number of nitrogens with zero attached hydrogens (tertiary/aromatic N) is 1. The number of furan rings is 1. The summed E-state index contributed by atoms with van der Waals surface area (Å²) in [6, 6.07) is 10.4. The zero-order valence-corrected chi connectivity index (χ0v) is 11.4. The van der Waals surface area contributed by atoms with E-state index in [1.807, 2.05) is 6.20 Å². The van der Waals surface area contributed by atoms with Crippen LogP contribution < -0.4 is 5.32 Å². The molecule has 0 amide bonds. The summed E-state index contributed by atoms with van der Waals surface area (Å²) in [5.74, 6) is 3.55. The van der Waals surface area contributed by atoms with Gasteiger partial charge in [-0.15, -0.1) is 0 Å². The number of aromatic amines is 1. The van der Waals surface area contributed by atoms with E-state index in [4.69, 9.17) is 4.42 Å². The molecule has 2 heterocycles. The number of rotatable bonds is 4. The molecule has 1 aliphatic rings. The van der Waals surface area contributed by atoms with Crippen LogP contribution in [0.5, 0.6) is 0 Å². The minimum absolute atomic E-state index is 0.644. The third-order valence-electron chi connectivity index (χ3n) is 4.07. The van der Waals surface area contributed by atoms with E-state index in [9.17, 15) is 0 Å². The predicted octanol–water partition coefficient (Wildman–Crippen LogP) is 3.89. The van der Waals surface area contributed by atoms with Gasteiger partial charge < -0.3 is 9.73 Å². The number of anilines is 1. The smallest absolute Gasteiger partial charge is 0.123 e. The number of H-pyrrole nitrogens is 1. The molecule has 1 aromatic carbocycles. The Balaban J connectivity index is 1.45. The quantitative estimate of drug-likeness (QED) is 0.754. The average molecular weight is 267 g/mol. The molecule has 3 aromatic rings. The van der Waals surface area contributed by atoms with Crippen LogP contribution in [-0.4, -0.2) is 10.2 Å². The minimum Gasteiger partial charge on any atom is -0.464 e. The van der Waals surface area contributed by atoms with Gasteiger partial charge in [-0.25, -0.2) is 0 Å². The van der Waals surface area contributed by atoms with Crippen molar-refractivity contribution in [3.8, 4) is 0 Å². The molecule has 2 N–H and O–H groups in total. The molecule has 2 aromatic heterocycles. The lowest BCUT2D eigenvalue weighted by Gasteiger charge is -2.04. The van der Waals surface area contributed by atoms with E-state index in [0.29, 0.717) is 12.5 Å². The van der Waals surface area contributed by atoms with Crippen LogP contribution in [0.3, 0.4) is 0 Å². The SMILES string of the molecule is CC1CC1c1ccc(CNc2ccc3cn[nH]c3c2)o1. The second-order valence-electron chi connectivity index (χ2n) is 5.65. The second kappa shape index (κ2) is 4.40. The van der Waals surface area contributed by atoms with Crippen molar-refractivity contribution in [2.24, 2.45) is 5.92 Å². The summed E-state index contributed by atoms with van der Waals surface area (Å²) in [6.45, 7) is 2.98. The zero-order chi connectivity index (χ0) is 13.5. The highest BCUT2D eigenvalue weighted by Gasteiger charge is 2.36. The van der Waals surface area contributed by atoms with Gasteiger partial charge in [0.15, 0.2) is 0 Å². The first kappa shape index (κ1) is 11.6. The van der Waals surface area contributed by atoms with Crippen molar-refractivity contribution in [2.45, 2.75) is 25.8 Å². The number of nitrogens with one attached hydrogen (secondary N) is 2. The Labute approximate surface area is 117 Å². The summed E-state index contributed by atoms with van der Waals surface area (Å²) in [5.41, 5.74) is 2.11. The molecule has 20 heavy (non-hydrogen) atoms. The number of aromatic nitrogens is 2. The molecular weight excluding hydrogens is 250 g/mol. The van der Waals surface area contributed by atoms with Gasteiger partial charge in [-0.3, -0.25) is 5.10 Å². The average Bonchev–Trinajstić information content (AvgIpc) is 2.91. The third-order valence-corrected chi connectivity index (χ3v) is 4.07. The molecule has 1 fully saturated rings. The highest BCUT2D eigenvalue weighted by Crippen LogP contribution is 2.47. The Bertz CT molecular complexity index is 743. The molecule has 4 rings (SSSR count). The van der Waals surface area contributed by atoms with E-state index in [1.54, 1.807) is 0 Å². The molecule has 0 saturated heterocycles. The highest BCUT2D eigenvalue weighted by atomic mass is 16.3. The molecule has 1 saturated carbocycles. The standard InChI is InChI=1S/C16H17N3O/c1-10-6-14(10)16-5-4-13(20-16)9-17-12-3-2-11-8-18-19-15(11)7-12/h2-5,7-8,10,14,17H,6,9H2,1H3,(H,18,19). The molecule has 4 heteroatoms. The molecule has 0 bridgehead atoms. The van der Waals surface area contributed by atoms with Crippen LogP contribution in [0.25, 0.3) is 10.9 Å². The summed E-state index contributed by atoms with van der Waals surface area (Å²) in [5, 5.41) is 11.5. The Kier molecular flexibility index (Phi) is 2.55. The largest absolute Gasteiger partial charge is 0.464 e. The van der Waals surface area contributed by atoms with Crippen molar-refractivity contribution in [3.63, 3.8) is 0 Å². The van der Waals surface area contributed by atoms with Gasteiger partial charge in [0.2, 0.25) is 0 Å². The number of fused-ring (bicyclic) bond motifs is 1. The molecule has 4 nitrogen and oxygen atoms in total. The van der Waals surface area contributed by atoms with Crippen LogP contribution in [-0.2, 0) is 6.54 Å². The lowest BCUT2D eigenvalue weighted by Crippen LogP contribution is -1.97. The van der Waals surface area contributed by atoms with Crippen LogP contribution in [0.2, 0.25) is 0 Å². The van der Waals surface area contributed by atoms with Gasteiger partial charge in [-0.2, -0.15) is 5.10 Å². The van der Waals surface area contributed by atoms with Crippen molar-refractivity contribution < 1.29 is 4.42 Å². The Morgan fingerprint density at radius 2 is 2.25 bits per heavy atom. The van der Waals surface area contributed by atoms with Gasteiger partial charge in [0, 0.05) is 17.0 Å². The van der Waals surface area contributed by atoms with Gasteiger partial charge in [0.25, 0.3) is 0 Å². The third kappa shape index (κ3) is 2.07. The monoisotopic (exact) mass is 267 g/mol. The predicted molar refractivity (Wildman–Crippen MR) is 78.7 cm³/mol. The Morgan fingerprint density at radius 1 is 1.35 bits per heavy atom. The highest BCUT2D eigenvalue weighted by molar-refractivity contribution is 5.81. The van der Waals surface area contributed by atoms with Crippen molar-refractivity contribution in [1.82, 2.24) is 10.2 Å². The maximum absolute atomic E-state index is 5.89. The summed E-state index contributed by atoms with van der Waals surface area (Å²) >= 11 is 0. The second-order valence-corrected chi connectivity index (χ2v) is 5.65. The topological polar surface area (TPSA) is 53.9 Å². The van der Waals surface area contributed by atoms with E-state index in [0.717, 1.165) is 34.0 Å². The van der Waals surface area contributed by atoms with Gasteiger partial charge in [0.05, 0.1) is 18.3 Å². The number of hydrogen-bond donors (Lipinski definition) is 2. The van der Waals surface area contributed by atoms with Gasteiger partial charge in [-0.1, -0.05) is 6.92 Å². The number of hydrogen-bond acceptors (Lipinski definition) is 3. The fourth-order valence-corrected chi connectivity index (χ4v) is 2.64. The lowest BCUT2D eigenvalue weighted by molar-refractivity contribution is 0.468. The molecule has 0 radical (unpaired) electrons. The fraction of sp³-hybridized carbons (Fsp3) is 0.312. The Hall–Kier alpha value is -2.23. The van der Waals surface area contributed by atoms with Crippen LogP contribution in [0.1, 0.15) is 30.8 Å².